The van der Waals surface area contributed by atoms with Crippen molar-refractivity contribution in [3.8, 4) is 5.75 Å². The molecule has 0 aromatic heterocycles. The van der Waals surface area contributed by atoms with Gasteiger partial charge in [0.15, 0.2) is 0 Å². The van der Waals surface area contributed by atoms with Crippen molar-refractivity contribution in [2.24, 2.45) is 0 Å². The maximum atomic E-state index is 14.1. The van der Waals surface area contributed by atoms with Gasteiger partial charge in [-0.1, -0.05) is 41.9 Å². The van der Waals surface area contributed by atoms with Crippen molar-refractivity contribution in [3.63, 3.8) is 0 Å². The number of hydrogen-bond donors (Lipinski definition) is 1. The molecule has 1 heterocycles. The molecule has 1 saturated heterocycles. The first-order chi connectivity index (χ1) is 16.4. The minimum absolute atomic E-state index is 0.209. The smallest absolute Gasteiger partial charge is 0.335 e. The van der Waals surface area contributed by atoms with Crippen LogP contribution in [0.5, 0.6) is 5.75 Å². The predicted octanol–water partition coefficient (Wildman–Crippen LogP) is 5.14. The van der Waals surface area contributed by atoms with Crippen LogP contribution in [0.15, 0.2) is 72.3 Å². The third-order valence-electron chi connectivity index (χ3n) is 5.23. The van der Waals surface area contributed by atoms with E-state index in [1.54, 1.807) is 48.5 Å². The Morgan fingerprint density at radius 3 is 2.44 bits per heavy atom. The van der Waals surface area contributed by atoms with Crippen molar-refractivity contribution < 1.29 is 23.5 Å². The van der Waals surface area contributed by atoms with Crippen molar-refractivity contribution in [2.45, 2.75) is 13.3 Å². The van der Waals surface area contributed by atoms with Gasteiger partial charge in [-0.15, -0.1) is 0 Å². The molecule has 0 unspecified atom stereocenters. The van der Waals surface area contributed by atoms with Crippen LogP contribution in [0.2, 0.25) is 5.02 Å². The van der Waals surface area contributed by atoms with Gasteiger partial charge in [-0.2, -0.15) is 0 Å². The van der Waals surface area contributed by atoms with E-state index in [-0.39, 0.29) is 17.1 Å². The van der Waals surface area contributed by atoms with Crippen LogP contribution in [0, 0.1) is 5.82 Å². The Labute approximate surface area is 200 Å². The average Bonchev–Trinajstić information content (AvgIpc) is 2.81. The van der Waals surface area contributed by atoms with E-state index in [4.69, 9.17) is 16.3 Å². The normalized spacial score (nSPS) is 15.0. The van der Waals surface area contributed by atoms with Gasteiger partial charge in [0.1, 0.15) is 17.1 Å². The first-order valence-corrected chi connectivity index (χ1v) is 10.9. The zero-order valence-electron chi connectivity index (χ0n) is 18.2. The molecule has 1 fully saturated rings. The number of ether oxygens (including phenoxy) is 1. The first-order valence-electron chi connectivity index (χ1n) is 10.5. The van der Waals surface area contributed by atoms with E-state index in [0.29, 0.717) is 34.9 Å². The van der Waals surface area contributed by atoms with E-state index in [0.717, 1.165) is 10.5 Å². The summed E-state index contributed by atoms with van der Waals surface area (Å²) in [6.45, 7) is 2.20. The second-order valence-electron chi connectivity index (χ2n) is 7.50. The number of rotatable bonds is 6. The summed E-state index contributed by atoms with van der Waals surface area (Å²) in [5, 5.41) is 2.63. The molecule has 1 aliphatic heterocycles. The third kappa shape index (κ3) is 4.84. The highest BCUT2D eigenvalue weighted by atomic mass is 35.5. The zero-order valence-corrected chi connectivity index (χ0v) is 18.9. The highest BCUT2D eigenvalue weighted by molar-refractivity contribution is 6.39. The van der Waals surface area contributed by atoms with Crippen LogP contribution in [-0.2, 0) is 16.0 Å². The molecule has 172 valence electrons. The van der Waals surface area contributed by atoms with Crippen LogP contribution in [0.4, 0.5) is 14.9 Å². The van der Waals surface area contributed by atoms with Crippen LogP contribution in [-0.4, -0.2) is 24.5 Å². The molecule has 0 aliphatic carbocycles. The van der Waals surface area contributed by atoms with Crippen LogP contribution < -0.4 is 15.0 Å². The third-order valence-corrected chi connectivity index (χ3v) is 5.48. The second kappa shape index (κ2) is 9.89. The summed E-state index contributed by atoms with van der Waals surface area (Å²) in [5.41, 5.74) is 1.86. The number of carbonyl (C=O) groups is 3. The van der Waals surface area contributed by atoms with Gasteiger partial charge in [-0.25, -0.2) is 14.1 Å². The molecule has 0 radical (unpaired) electrons. The molecule has 0 atom stereocenters. The summed E-state index contributed by atoms with van der Waals surface area (Å²) in [6, 6.07) is 16.9. The Hall–Kier alpha value is -3.97. The highest BCUT2D eigenvalue weighted by Crippen LogP contribution is 2.28. The molecular formula is C26H20ClFN2O4. The Morgan fingerprint density at radius 1 is 1.00 bits per heavy atom. The Kier molecular flexibility index (Phi) is 6.75. The molecule has 3 aromatic rings. The summed E-state index contributed by atoms with van der Waals surface area (Å²) in [6.07, 6.45) is 1.71. The monoisotopic (exact) mass is 478 g/mol. The summed E-state index contributed by atoms with van der Waals surface area (Å²) < 4.78 is 19.9. The first kappa shape index (κ1) is 23.2. The van der Waals surface area contributed by atoms with Gasteiger partial charge in [0.05, 0.1) is 12.3 Å². The Bertz CT molecular complexity index is 1300. The Morgan fingerprint density at radius 2 is 1.74 bits per heavy atom. The molecule has 0 bridgehead atoms. The number of urea groups is 1. The lowest BCUT2D eigenvalue weighted by atomic mass is 10.00. The number of anilines is 1. The molecule has 4 amide bonds. The largest absolute Gasteiger partial charge is 0.494 e. The summed E-state index contributed by atoms with van der Waals surface area (Å²) in [7, 11) is 0. The lowest BCUT2D eigenvalue weighted by Gasteiger charge is -2.26. The summed E-state index contributed by atoms with van der Waals surface area (Å²) in [4.78, 5) is 38.7. The Balaban J connectivity index is 1.67. The fourth-order valence-electron chi connectivity index (χ4n) is 3.59. The van der Waals surface area contributed by atoms with Gasteiger partial charge in [-0.3, -0.25) is 14.9 Å². The molecule has 8 heteroatoms. The van der Waals surface area contributed by atoms with Gasteiger partial charge < -0.3 is 4.74 Å². The lowest BCUT2D eigenvalue weighted by Crippen LogP contribution is -2.54. The number of imide groups is 2. The van der Waals surface area contributed by atoms with Crippen molar-refractivity contribution in [2.75, 3.05) is 11.5 Å². The minimum Gasteiger partial charge on any atom is -0.494 e. The minimum atomic E-state index is -0.843. The fourth-order valence-corrected chi connectivity index (χ4v) is 3.72. The summed E-state index contributed by atoms with van der Waals surface area (Å²) >= 11 is 5.89. The number of benzene rings is 3. The van der Waals surface area contributed by atoms with Gasteiger partial charge in [-0.05, 0) is 66.1 Å². The number of carbonyl (C=O) groups excluding carboxylic acids is 3. The van der Waals surface area contributed by atoms with E-state index in [1.165, 1.54) is 24.3 Å². The van der Waals surface area contributed by atoms with Gasteiger partial charge in [0.25, 0.3) is 11.8 Å². The number of nitrogens with one attached hydrogen (secondary N) is 1. The van der Waals surface area contributed by atoms with Crippen LogP contribution in [0.25, 0.3) is 6.08 Å². The van der Waals surface area contributed by atoms with Crippen molar-refractivity contribution in [1.82, 2.24) is 5.32 Å². The highest BCUT2D eigenvalue weighted by Gasteiger charge is 2.36. The second-order valence-corrected chi connectivity index (χ2v) is 7.94. The molecule has 1 aliphatic rings. The van der Waals surface area contributed by atoms with Crippen LogP contribution in [0.1, 0.15) is 23.6 Å². The maximum absolute atomic E-state index is 14.1. The number of hydrogen-bond acceptors (Lipinski definition) is 4. The molecule has 3 aromatic carbocycles. The number of halogens is 2. The molecule has 34 heavy (non-hydrogen) atoms. The SMILES string of the molecule is CCOc1cc(/C=C2\C(=O)NC(=O)N(c3ccc(Cl)cc3)C2=O)ccc1Cc1ccccc1F. The maximum Gasteiger partial charge on any atom is 0.335 e. The van der Waals surface area contributed by atoms with Crippen molar-refractivity contribution in [1.29, 1.82) is 0 Å². The topological polar surface area (TPSA) is 75.7 Å². The summed E-state index contributed by atoms with van der Waals surface area (Å²) in [5.74, 6) is -1.36. The molecule has 1 N–H and O–H groups in total. The average molecular weight is 479 g/mol. The van der Waals surface area contributed by atoms with Gasteiger partial charge in [0.2, 0.25) is 0 Å². The standard InChI is InChI=1S/C26H20ClFN2O4/c1-2-34-23-14-16(7-8-18(23)15-17-5-3-4-6-22(17)28)13-21-24(31)29-26(33)30(25(21)32)20-11-9-19(27)10-12-20/h3-14H,2,15H2,1H3,(H,29,31,33)/b21-13+. The zero-order chi connectivity index (χ0) is 24.2. The molecule has 0 spiro atoms. The van der Waals surface area contributed by atoms with E-state index < -0.39 is 17.8 Å². The van der Waals surface area contributed by atoms with E-state index >= 15 is 0 Å². The van der Waals surface area contributed by atoms with E-state index in [2.05, 4.69) is 5.32 Å². The number of nitrogens with zero attached hydrogens (tertiary/aromatic N) is 1. The van der Waals surface area contributed by atoms with Crippen molar-refractivity contribution in [3.05, 3.63) is 99.8 Å². The predicted molar refractivity (Wildman–Crippen MR) is 127 cm³/mol. The number of amides is 4. The lowest BCUT2D eigenvalue weighted by molar-refractivity contribution is -0.122. The van der Waals surface area contributed by atoms with E-state index in [9.17, 15) is 18.8 Å². The fraction of sp³-hybridized carbons (Fsp3) is 0.115. The molecule has 0 saturated carbocycles. The van der Waals surface area contributed by atoms with Gasteiger partial charge in [0, 0.05) is 11.4 Å². The van der Waals surface area contributed by atoms with Crippen LogP contribution >= 0.6 is 11.6 Å². The van der Waals surface area contributed by atoms with E-state index in [1.807, 2.05) is 6.92 Å². The molecule has 4 rings (SSSR count). The number of barbiturate groups is 1. The van der Waals surface area contributed by atoms with Crippen LogP contribution in [0.3, 0.4) is 0 Å². The molecular weight excluding hydrogens is 459 g/mol. The quantitative estimate of drug-likeness (QED) is 0.393. The van der Waals surface area contributed by atoms with Crippen molar-refractivity contribution >= 4 is 41.2 Å². The van der Waals surface area contributed by atoms with Gasteiger partial charge >= 0.3 is 6.03 Å². The molecule has 6 nitrogen and oxygen atoms in total.